The molecule has 1 aliphatic rings. The molecule has 1 heterocycles. The third-order valence-electron chi connectivity index (χ3n) is 4.91. The van der Waals surface area contributed by atoms with E-state index < -0.39 is 47.5 Å². The van der Waals surface area contributed by atoms with Gasteiger partial charge in [0, 0.05) is 19.7 Å². The molecule has 0 spiro atoms. The zero-order chi connectivity index (χ0) is 22.7. The summed E-state index contributed by atoms with van der Waals surface area (Å²) in [5.41, 5.74) is 0.927. The first-order valence-electron chi connectivity index (χ1n) is 9.28. The van der Waals surface area contributed by atoms with Crippen molar-refractivity contribution in [1.82, 2.24) is 9.80 Å². The lowest BCUT2D eigenvalue weighted by atomic mass is 10.1. The molecule has 10 heteroatoms. The topological polar surface area (TPSA) is 127 Å². The molecule has 0 aromatic heterocycles. The molecule has 0 aliphatic carbocycles. The summed E-state index contributed by atoms with van der Waals surface area (Å²) >= 11 is 0. The van der Waals surface area contributed by atoms with E-state index in [0.717, 1.165) is 17.2 Å². The van der Waals surface area contributed by atoms with Gasteiger partial charge in [-0.2, -0.15) is 0 Å². The van der Waals surface area contributed by atoms with Gasteiger partial charge < -0.3 is 9.64 Å². The first-order chi connectivity index (χ1) is 14.7. The van der Waals surface area contributed by atoms with Gasteiger partial charge >= 0.3 is 5.97 Å². The molecule has 0 bridgehead atoms. The second-order valence-electron chi connectivity index (χ2n) is 6.99. The Labute approximate surface area is 177 Å². The highest BCUT2D eigenvalue weighted by Crippen LogP contribution is 2.30. The van der Waals surface area contributed by atoms with Crippen LogP contribution in [0.25, 0.3) is 0 Å². The SMILES string of the molecule is Cc1ccccc1CN(C)C(=O)COC(=O)CN1C(=O)c2cccc([N+](=O)[O-])c2C1=O. The zero-order valence-corrected chi connectivity index (χ0v) is 16.9. The van der Waals surface area contributed by atoms with E-state index in [-0.39, 0.29) is 11.1 Å². The van der Waals surface area contributed by atoms with Crippen molar-refractivity contribution in [3.05, 3.63) is 74.8 Å². The lowest BCUT2D eigenvalue weighted by Crippen LogP contribution is -2.37. The van der Waals surface area contributed by atoms with Crippen LogP contribution in [0, 0.1) is 17.0 Å². The molecule has 31 heavy (non-hydrogen) atoms. The predicted octanol–water partition coefficient (Wildman–Crippen LogP) is 1.70. The molecule has 0 saturated heterocycles. The van der Waals surface area contributed by atoms with Crippen molar-refractivity contribution in [2.24, 2.45) is 0 Å². The van der Waals surface area contributed by atoms with Crippen LogP contribution in [0.2, 0.25) is 0 Å². The molecule has 160 valence electrons. The van der Waals surface area contributed by atoms with Gasteiger partial charge in [-0.05, 0) is 24.1 Å². The second kappa shape index (κ2) is 8.74. The van der Waals surface area contributed by atoms with Crippen molar-refractivity contribution in [2.45, 2.75) is 13.5 Å². The highest BCUT2D eigenvalue weighted by molar-refractivity contribution is 6.24. The van der Waals surface area contributed by atoms with Crippen molar-refractivity contribution in [3.8, 4) is 0 Å². The fraction of sp³-hybridized carbons (Fsp3) is 0.238. The number of carbonyl (C=O) groups excluding carboxylic acids is 4. The second-order valence-corrected chi connectivity index (χ2v) is 6.99. The van der Waals surface area contributed by atoms with E-state index in [0.29, 0.717) is 11.4 Å². The molecule has 0 saturated carbocycles. The maximum absolute atomic E-state index is 12.5. The summed E-state index contributed by atoms with van der Waals surface area (Å²) in [5.74, 6) is -3.22. The van der Waals surface area contributed by atoms with Gasteiger partial charge in [-0.1, -0.05) is 30.3 Å². The lowest BCUT2D eigenvalue weighted by Gasteiger charge is -2.19. The smallest absolute Gasteiger partial charge is 0.326 e. The number of amides is 3. The maximum atomic E-state index is 12.5. The summed E-state index contributed by atoms with van der Waals surface area (Å²) in [6, 6.07) is 11.2. The number of nitro benzene ring substituents is 1. The summed E-state index contributed by atoms with van der Waals surface area (Å²) in [6.07, 6.45) is 0. The maximum Gasteiger partial charge on any atom is 0.326 e. The number of nitro groups is 1. The van der Waals surface area contributed by atoms with Crippen LogP contribution in [0.1, 0.15) is 31.8 Å². The Morgan fingerprint density at radius 2 is 1.81 bits per heavy atom. The minimum atomic E-state index is -0.977. The normalized spacial score (nSPS) is 12.5. The van der Waals surface area contributed by atoms with Crippen LogP contribution in [0.4, 0.5) is 5.69 Å². The van der Waals surface area contributed by atoms with Crippen LogP contribution in [0.15, 0.2) is 42.5 Å². The fourth-order valence-electron chi connectivity index (χ4n) is 3.17. The number of benzene rings is 2. The van der Waals surface area contributed by atoms with Gasteiger partial charge in [0.15, 0.2) is 6.61 Å². The number of carbonyl (C=O) groups is 4. The quantitative estimate of drug-likeness (QED) is 0.286. The number of aryl methyl sites for hydroxylation is 1. The summed E-state index contributed by atoms with van der Waals surface area (Å²) < 4.78 is 4.92. The van der Waals surface area contributed by atoms with E-state index in [1.807, 2.05) is 31.2 Å². The molecular weight excluding hydrogens is 406 g/mol. The van der Waals surface area contributed by atoms with Gasteiger partial charge in [0.25, 0.3) is 23.4 Å². The highest BCUT2D eigenvalue weighted by Gasteiger charge is 2.42. The van der Waals surface area contributed by atoms with Gasteiger partial charge in [0.05, 0.1) is 10.5 Å². The summed E-state index contributed by atoms with van der Waals surface area (Å²) in [7, 11) is 1.56. The van der Waals surface area contributed by atoms with Crippen molar-refractivity contribution < 1.29 is 28.8 Å². The summed E-state index contributed by atoms with van der Waals surface area (Å²) in [4.78, 5) is 61.6. The average molecular weight is 425 g/mol. The molecule has 10 nitrogen and oxygen atoms in total. The Morgan fingerprint density at radius 1 is 1.10 bits per heavy atom. The van der Waals surface area contributed by atoms with Crippen LogP contribution >= 0.6 is 0 Å². The highest BCUT2D eigenvalue weighted by atomic mass is 16.6. The Balaban J connectivity index is 1.59. The number of nitrogens with zero attached hydrogens (tertiary/aromatic N) is 3. The molecule has 0 fully saturated rings. The number of ether oxygens (including phenoxy) is 1. The van der Waals surface area contributed by atoms with Gasteiger partial charge in [-0.25, -0.2) is 0 Å². The molecule has 2 aromatic rings. The Morgan fingerprint density at radius 3 is 2.48 bits per heavy atom. The lowest BCUT2D eigenvalue weighted by molar-refractivity contribution is -0.385. The first kappa shape index (κ1) is 21.6. The van der Waals surface area contributed by atoms with Gasteiger partial charge in [0.1, 0.15) is 12.1 Å². The zero-order valence-electron chi connectivity index (χ0n) is 16.9. The number of hydrogen-bond acceptors (Lipinski definition) is 7. The van der Waals surface area contributed by atoms with Gasteiger partial charge in [-0.15, -0.1) is 0 Å². The number of fused-ring (bicyclic) bond motifs is 1. The van der Waals surface area contributed by atoms with Crippen LogP contribution in [-0.4, -0.2) is 58.6 Å². The number of esters is 1. The summed E-state index contributed by atoms with van der Waals surface area (Å²) in [6.45, 7) is 0.925. The molecule has 1 aliphatic heterocycles. The number of imide groups is 1. The number of hydrogen-bond donors (Lipinski definition) is 0. The molecule has 0 unspecified atom stereocenters. The predicted molar refractivity (Wildman–Crippen MR) is 107 cm³/mol. The van der Waals surface area contributed by atoms with Crippen molar-refractivity contribution in [3.63, 3.8) is 0 Å². The van der Waals surface area contributed by atoms with Crippen molar-refractivity contribution in [1.29, 1.82) is 0 Å². The minimum Gasteiger partial charge on any atom is -0.454 e. The molecule has 3 rings (SSSR count). The standard InChI is InChI=1S/C21H19N3O7/c1-13-6-3-4-7-14(13)10-22(2)17(25)12-31-18(26)11-23-20(27)15-8-5-9-16(24(29)30)19(15)21(23)28/h3-9H,10-12H2,1-2H3. The van der Waals surface area contributed by atoms with Crippen molar-refractivity contribution >= 4 is 29.4 Å². The van der Waals surface area contributed by atoms with E-state index in [2.05, 4.69) is 0 Å². The molecular formula is C21H19N3O7. The molecule has 0 N–H and O–H groups in total. The molecule has 0 atom stereocenters. The minimum absolute atomic E-state index is 0.152. The van der Waals surface area contributed by atoms with Gasteiger partial charge in [0.2, 0.25) is 0 Å². The number of rotatable bonds is 7. The molecule has 0 radical (unpaired) electrons. The first-order valence-corrected chi connectivity index (χ1v) is 9.28. The Hall–Kier alpha value is -4.08. The van der Waals surface area contributed by atoms with E-state index >= 15 is 0 Å². The van der Waals surface area contributed by atoms with Gasteiger partial charge in [-0.3, -0.25) is 34.2 Å². The monoisotopic (exact) mass is 425 g/mol. The van der Waals surface area contributed by atoms with Crippen LogP contribution in [0.5, 0.6) is 0 Å². The Bertz CT molecular complexity index is 1100. The Kier molecular flexibility index (Phi) is 6.10. The fourth-order valence-corrected chi connectivity index (χ4v) is 3.17. The van der Waals surface area contributed by atoms with E-state index in [4.69, 9.17) is 4.74 Å². The molecule has 2 aromatic carbocycles. The van der Waals surface area contributed by atoms with Crippen LogP contribution < -0.4 is 0 Å². The van der Waals surface area contributed by atoms with E-state index in [1.54, 1.807) is 7.05 Å². The average Bonchev–Trinajstić information content (AvgIpc) is 2.98. The third kappa shape index (κ3) is 4.42. The van der Waals surface area contributed by atoms with E-state index in [9.17, 15) is 29.3 Å². The molecule has 3 amide bonds. The third-order valence-corrected chi connectivity index (χ3v) is 4.91. The number of likely N-dealkylation sites (N-methyl/N-ethyl adjacent to an activating group) is 1. The van der Waals surface area contributed by atoms with E-state index in [1.165, 1.54) is 17.0 Å². The largest absolute Gasteiger partial charge is 0.454 e. The van der Waals surface area contributed by atoms with Crippen LogP contribution in [-0.2, 0) is 20.9 Å². The van der Waals surface area contributed by atoms with Crippen LogP contribution in [0.3, 0.4) is 0 Å². The summed E-state index contributed by atoms with van der Waals surface area (Å²) in [5, 5.41) is 11.1. The van der Waals surface area contributed by atoms with Crippen molar-refractivity contribution in [2.75, 3.05) is 20.2 Å².